The molecule has 3 aromatic rings. The summed E-state index contributed by atoms with van der Waals surface area (Å²) in [7, 11) is 1.60. The molecule has 1 unspecified atom stereocenters. The fourth-order valence-corrected chi connectivity index (χ4v) is 3.49. The van der Waals surface area contributed by atoms with Crippen molar-refractivity contribution < 1.29 is 13.9 Å². The third-order valence-corrected chi connectivity index (χ3v) is 5.11. The summed E-state index contributed by atoms with van der Waals surface area (Å²) in [5.74, 6) is 0.665. The van der Waals surface area contributed by atoms with Gasteiger partial charge in [0.05, 0.1) is 38.6 Å². The fraction of sp³-hybridized carbons (Fsp3) is 0.444. The molecule has 0 aromatic carbocycles. The Morgan fingerprint density at radius 3 is 2.93 bits per heavy atom. The van der Waals surface area contributed by atoms with E-state index in [0.29, 0.717) is 36.3 Å². The Balaban J connectivity index is 1.56. The Hall–Kier alpha value is -2.85. The molecule has 10 heteroatoms. The molecule has 0 radical (unpaired) electrons. The van der Waals surface area contributed by atoms with Crippen molar-refractivity contribution in [3.63, 3.8) is 0 Å². The normalized spacial score (nSPS) is 19.7. The van der Waals surface area contributed by atoms with Crippen LogP contribution in [-0.2, 0) is 4.74 Å². The topological polar surface area (TPSA) is 98.5 Å². The minimum atomic E-state index is -0.525. The van der Waals surface area contributed by atoms with Crippen LogP contribution in [0, 0.1) is 5.82 Å². The maximum Gasteiger partial charge on any atom is 0.223 e. The Morgan fingerprint density at radius 2 is 2.21 bits per heavy atom. The number of imidazole rings is 1. The van der Waals surface area contributed by atoms with Gasteiger partial charge in [-0.3, -0.25) is 0 Å². The van der Waals surface area contributed by atoms with Gasteiger partial charge in [0.1, 0.15) is 22.8 Å². The molecular weight excluding hydrogens is 365 g/mol. The van der Waals surface area contributed by atoms with Crippen molar-refractivity contribution in [1.29, 1.82) is 0 Å². The van der Waals surface area contributed by atoms with E-state index in [9.17, 15) is 4.39 Å². The number of fused-ring (bicyclic) bond motifs is 1. The molecule has 1 atom stereocenters. The Labute approximate surface area is 160 Å². The molecule has 0 spiro atoms. The van der Waals surface area contributed by atoms with Crippen molar-refractivity contribution in [2.75, 3.05) is 38.7 Å². The largest absolute Gasteiger partial charge is 0.495 e. The van der Waals surface area contributed by atoms with Gasteiger partial charge in [0, 0.05) is 18.7 Å². The Bertz CT molecular complexity index is 1010. The Kier molecular flexibility index (Phi) is 4.29. The second-order valence-corrected chi connectivity index (χ2v) is 6.97. The van der Waals surface area contributed by atoms with Crippen LogP contribution in [0.3, 0.4) is 0 Å². The highest BCUT2D eigenvalue weighted by Crippen LogP contribution is 2.32. The second-order valence-electron chi connectivity index (χ2n) is 6.97. The zero-order chi connectivity index (χ0) is 19.1. The minimum Gasteiger partial charge on any atom is -0.495 e. The monoisotopic (exact) mass is 385 g/mol. The van der Waals surface area contributed by atoms with Crippen LogP contribution in [0.15, 0.2) is 18.5 Å². The molecule has 2 saturated heterocycles. The number of aromatic nitrogens is 5. The maximum atomic E-state index is 14.6. The molecule has 0 saturated carbocycles. The third-order valence-electron chi connectivity index (χ3n) is 5.11. The first kappa shape index (κ1) is 17.3. The highest BCUT2D eigenvalue weighted by Gasteiger charge is 2.27. The van der Waals surface area contributed by atoms with E-state index < -0.39 is 5.82 Å². The zero-order valence-corrected chi connectivity index (χ0v) is 15.4. The minimum absolute atomic E-state index is 0.150. The summed E-state index contributed by atoms with van der Waals surface area (Å²) in [6.07, 6.45) is 3.71. The quantitative estimate of drug-likeness (QED) is 0.677. The number of halogens is 1. The van der Waals surface area contributed by atoms with Gasteiger partial charge >= 0.3 is 0 Å². The van der Waals surface area contributed by atoms with Crippen LogP contribution in [0.1, 0.15) is 18.0 Å². The van der Waals surface area contributed by atoms with Crippen LogP contribution >= 0.6 is 0 Å². The van der Waals surface area contributed by atoms with Gasteiger partial charge in [-0.25, -0.2) is 23.9 Å². The number of hydrogen-bond acceptors (Lipinski definition) is 8. The van der Waals surface area contributed by atoms with Gasteiger partial charge in [-0.05, 0) is 13.0 Å². The number of methoxy groups -OCH3 is 1. The summed E-state index contributed by atoms with van der Waals surface area (Å²) in [5.41, 5.74) is 1.95. The van der Waals surface area contributed by atoms with Crippen LogP contribution in [0.2, 0.25) is 0 Å². The zero-order valence-electron chi connectivity index (χ0n) is 15.4. The lowest BCUT2D eigenvalue weighted by Crippen LogP contribution is -2.27. The van der Waals surface area contributed by atoms with Crippen molar-refractivity contribution in [2.45, 2.75) is 18.4 Å². The molecule has 5 heterocycles. The Morgan fingerprint density at radius 1 is 1.32 bits per heavy atom. The number of nitrogens with zero attached hydrogens (tertiary/aromatic N) is 5. The second kappa shape index (κ2) is 6.95. The number of ether oxygens (including phenoxy) is 2. The van der Waals surface area contributed by atoms with Crippen LogP contribution in [0.25, 0.3) is 17.0 Å². The predicted molar refractivity (Wildman–Crippen MR) is 99.0 cm³/mol. The number of hydrogen-bond donors (Lipinski definition) is 2. The molecular formula is C18H20FN7O2. The first-order chi connectivity index (χ1) is 13.7. The van der Waals surface area contributed by atoms with Gasteiger partial charge in [0.15, 0.2) is 11.5 Å². The van der Waals surface area contributed by atoms with Crippen LogP contribution in [-0.4, -0.2) is 64.0 Å². The van der Waals surface area contributed by atoms with Gasteiger partial charge in [-0.2, -0.15) is 5.10 Å². The average molecular weight is 385 g/mol. The third kappa shape index (κ3) is 2.94. The highest BCUT2D eigenvalue weighted by atomic mass is 19.1. The van der Waals surface area contributed by atoms with E-state index in [-0.39, 0.29) is 17.7 Å². The van der Waals surface area contributed by atoms with Crippen LogP contribution in [0.5, 0.6) is 5.75 Å². The molecule has 0 aliphatic carbocycles. The summed E-state index contributed by atoms with van der Waals surface area (Å²) in [5, 5.41) is 11.2. The van der Waals surface area contributed by atoms with Crippen LogP contribution in [0.4, 0.5) is 10.3 Å². The van der Waals surface area contributed by atoms with E-state index >= 15 is 0 Å². The maximum absolute atomic E-state index is 14.6. The molecule has 0 amide bonds. The van der Waals surface area contributed by atoms with Gasteiger partial charge in [-0.1, -0.05) is 0 Å². The van der Waals surface area contributed by atoms with E-state index in [1.165, 1.54) is 6.20 Å². The lowest BCUT2D eigenvalue weighted by atomic mass is 10.0. The predicted octanol–water partition coefficient (Wildman–Crippen LogP) is 1.22. The van der Waals surface area contributed by atoms with Crippen molar-refractivity contribution >= 4 is 11.6 Å². The van der Waals surface area contributed by atoms with Gasteiger partial charge in [0.25, 0.3) is 0 Å². The van der Waals surface area contributed by atoms with Crippen molar-refractivity contribution in [3.05, 3.63) is 30.0 Å². The summed E-state index contributed by atoms with van der Waals surface area (Å²) in [6.45, 7) is 2.95. The van der Waals surface area contributed by atoms with Gasteiger partial charge in [0.2, 0.25) is 5.95 Å². The molecule has 2 aliphatic heterocycles. The summed E-state index contributed by atoms with van der Waals surface area (Å²) >= 11 is 0. The van der Waals surface area contributed by atoms with Crippen molar-refractivity contribution in [1.82, 2.24) is 29.9 Å². The van der Waals surface area contributed by atoms with Crippen LogP contribution < -0.4 is 15.4 Å². The molecule has 2 aliphatic rings. The van der Waals surface area contributed by atoms with Gasteiger partial charge < -0.3 is 20.1 Å². The molecule has 3 aromatic heterocycles. The van der Waals surface area contributed by atoms with Gasteiger partial charge in [-0.15, -0.1) is 0 Å². The molecule has 146 valence electrons. The smallest absolute Gasteiger partial charge is 0.223 e. The summed E-state index contributed by atoms with van der Waals surface area (Å²) < 4.78 is 26.9. The van der Waals surface area contributed by atoms with Crippen molar-refractivity contribution in [2.24, 2.45) is 0 Å². The molecule has 9 nitrogen and oxygen atoms in total. The molecule has 5 rings (SSSR count). The highest BCUT2D eigenvalue weighted by molar-refractivity contribution is 5.62. The number of rotatable bonds is 5. The molecule has 28 heavy (non-hydrogen) atoms. The van der Waals surface area contributed by atoms with E-state index in [1.807, 2.05) is 0 Å². The van der Waals surface area contributed by atoms with E-state index in [2.05, 4.69) is 30.7 Å². The number of anilines is 1. The standard InChI is InChI=1S/C18H20FN7O2/c1-27-14-4-15-21-7-13(26(15)25-16(14)10-8-28-9-10)17-12(19)6-22-18(24-17)23-11-2-3-20-5-11/h4,6-7,10-11,20H,2-3,5,8-9H2,1H3,(H,22,23,24). The summed E-state index contributed by atoms with van der Waals surface area (Å²) in [4.78, 5) is 12.8. The number of nitrogens with one attached hydrogen (secondary N) is 2. The first-order valence-corrected chi connectivity index (χ1v) is 9.23. The SMILES string of the molecule is COc1cc2ncc(-c3nc(NC4CCNC4)ncc3F)n2nc1C1COC1. The summed E-state index contributed by atoms with van der Waals surface area (Å²) in [6, 6.07) is 2.03. The average Bonchev–Trinajstić information content (AvgIpc) is 3.31. The van der Waals surface area contributed by atoms with E-state index in [1.54, 1.807) is 23.9 Å². The molecule has 2 fully saturated rings. The van der Waals surface area contributed by atoms with E-state index in [4.69, 9.17) is 9.47 Å². The lowest BCUT2D eigenvalue weighted by Gasteiger charge is -2.26. The van der Waals surface area contributed by atoms with E-state index in [0.717, 1.165) is 25.2 Å². The molecule has 0 bridgehead atoms. The van der Waals surface area contributed by atoms with Crippen molar-refractivity contribution in [3.8, 4) is 17.1 Å². The first-order valence-electron chi connectivity index (χ1n) is 9.23. The fourth-order valence-electron chi connectivity index (χ4n) is 3.49. The lowest BCUT2D eigenvalue weighted by molar-refractivity contribution is 0.00530. The molecule has 2 N–H and O–H groups in total.